The fourth-order valence-electron chi connectivity index (χ4n) is 3.75. The maximum atomic E-state index is 14.8. The molecule has 0 saturated carbocycles. The molecule has 1 heterocycles. The van der Waals surface area contributed by atoms with Crippen molar-refractivity contribution < 1.29 is 23.9 Å². The Labute approximate surface area is 183 Å². The fourth-order valence-corrected chi connectivity index (χ4v) is 3.75. The highest BCUT2D eigenvalue weighted by Crippen LogP contribution is 2.43. The Bertz CT molecular complexity index is 1240. The van der Waals surface area contributed by atoms with Crippen molar-refractivity contribution in [2.75, 3.05) is 10.2 Å². The predicted octanol–water partition coefficient (Wildman–Crippen LogP) is 4.41. The van der Waals surface area contributed by atoms with Crippen LogP contribution in [0.3, 0.4) is 0 Å². The monoisotopic (exact) mass is 430 g/mol. The van der Waals surface area contributed by atoms with E-state index in [1.165, 1.54) is 25.1 Å². The van der Waals surface area contributed by atoms with Gasteiger partial charge in [0, 0.05) is 29.4 Å². The number of benzene rings is 3. The van der Waals surface area contributed by atoms with Crippen LogP contribution in [0, 0.1) is 5.82 Å². The molecule has 3 aromatic carbocycles. The lowest BCUT2D eigenvalue weighted by molar-refractivity contribution is -0.132. The zero-order chi connectivity index (χ0) is 22.8. The summed E-state index contributed by atoms with van der Waals surface area (Å²) >= 11 is 0. The van der Waals surface area contributed by atoms with Crippen molar-refractivity contribution in [3.63, 3.8) is 0 Å². The van der Waals surface area contributed by atoms with E-state index in [1.54, 1.807) is 60.7 Å². The molecular formula is C25H19FN2O4. The molecule has 0 unspecified atom stereocenters. The number of nitrogens with zero attached hydrogens (tertiary/aromatic N) is 1. The van der Waals surface area contributed by atoms with Crippen molar-refractivity contribution in [1.29, 1.82) is 0 Å². The molecular weight excluding hydrogens is 411 g/mol. The summed E-state index contributed by atoms with van der Waals surface area (Å²) in [5, 5.41) is 13.6. The summed E-state index contributed by atoms with van der Waals surface area (Å²) < 4.78 is 14.8. The summed E-state index contributed by atoms with van der Waals surface area (Å²) in [5.41, 5.74) is 1.05. The van der Waals surface area contributed by atoms with Crippen LogP contribution in [-0.4, -0.2) is 22.7 Å². The first kappa shape index (κ1) is 21.0. The number of carbonyl (C=O) groups excluding carboxylic acids is 3. The Morgan fingerprint density at radius 2 is 1.56 bits per heavy atom. The van der Waals surface area contributed by atoms with Crippen LogP contribution in [0.4, 0.5) is 15.8 Å². The van der Waals surface area contributed by atoms with E-state index in [1.807, 2.05) is 0 Å². The van der Waals surface area contributed by atoms with Crippen molar-refractivity contribution >= 4 is 34.7 Å². The van der Waals surface area contributed by atoms with E-state index < -0.39 is 23.5 Å². The van der Waals surface area contributed by atoms with Gasteiger partial charge in [0.25, 0.3) is 11.7 Å². The number of ketones is 1. The van der Waals surface area contributed by atoms with Gasteiger partial charge >= 0.3 is 0 Å². The van der Waals surface area contributed by atoms with Crippen LogP contribution in [0.1, 0.15) is 24.1 Å². The molecule has 1 aliphatic rings. The van der Waals surface area contributed by atoms with Crippen LogP contribution in [-0.2, 0) is 14.4 Å². The number of aliphatic hydroxyl groups is 1. The molecule has 2 amide bonds. The molecule has 1 fully saturated rings. The molecule has 1 atom stereocenters. The third-order valence-electron chi connectivity index (χ3n) is 5.16. The van der Waals surface area contributed by atoms with Gasteiger partial charge in [-0.1, -0.05) is 48.5 Å². The number of hydrogen-bond acceptors (Lipinski definition) is 4. The topological polar surface area (TPSA) is 86.7 Å². The largest absolute Gasteiger partial charge is 0.507 e. The molecule has 2 N–H and O–H groups in total. The standard InChI is InChI=1S/C25H19FN2O4/c1-15(29)27-17-11-13-18(14-12-17)28-22(19-9-5-6-10-20(19)26)21(24(31)25(28)32)23(30)16-7-3-2-4-8-16/h2-14,22,30H,1H3,(H,27,29)/t22-/m0/s1. The maximum absolute atomic E-state index is 14.8. The van der Waals surface area contributed by atoms with Crippen LogP contribution in [0.2, 0.25) is 0 Å². The second kappa shape index (κ2) is 8.47. The number of carbonyl (C=O) groups is 3. The van der Waals surface area contributed by atoms with Crippen molar-refractivity contribution in [3.8, 4) is 0 Å². The van der Waals surface area contributed by atoms with Crippen molar-refractivity contribution in [1.82, 2.24) is 0 Å². The molecule has 0 aromatic heterocycles. The number of halogens is 1. The number of nitrogens with one attached hydrogen (secondary N) is 1. The summed E-state index contributed by atoms with van der Waals surface area (Å²) in [4.78, 5) is 38.5. The Hall–Kier alpha value is -4.26. The lowest BCUT2D eigenvalue weighted by atomic mass is 9.94. The fraction of sp³-hybridized carbons (Fsp3) is 0.0800. The molecule has 7 heteroatoms. The lowest BCUT2D eigenvalue weighted by Crippen LogP contribution is -2.29. The smallest absolute Gasteiger partial charge is 0.300 e. The van der Waals surface area contributed by atoms with E-state index in [9.17, 15) is 23.9 Å². The van der Waals surface area contributed by atoms with Gasteiger partial charge in [-0.2, -0.15) is 0 Å². The van der Waals surface area contributed by atoms with Gasteiger partial charge in [-0.25, -0.2) is 4.39 Å². The molecule has 1 aliphatic heterocycles. The van der Waals surface area contributed by atoms with Gasteiger partial charge in [-0.3, -0.25) is 19.3 Å². The summed E-state index contributed by atoms with van der Waals surface area (Å²) in [6.07, 6.45) is 0. The first-order valence-electron chi connectivity index (χ1n) is 9.87. The van der Waals surface area contributed by atoms with Crippen LogP contribution < -0.4 is 10.2 Å². The van der Waals surface area contributed by atoms with Crippen LogP contribution in [0.25, 0.3) is 5.76 Å². The summed E-state index contributed by atoms with van der Waals surface area (Å²) in [7, 11) is 0. The Balaban J connectivity index is 1.89. The lowest BCUT2D eigenvalue weighted by Gasteiger charge is -2.26. The van der Waals surface area contributed by atoms with E-state index in [0.29, 0.717) is 16.9 Å². The first-order chi connectivity index (χ1) is 15.4. The van der Waals surface area contributed by atoms with Crippen molar-refractivity contribution in [2.24, 2.45) is 0 Å². The van der Waals surface area contributed by atoms with Gasteiger partial charge < -0.3 is 10.4 Å². The minimum absolute atomic E-state index is 0.0788. The van der Waals surface area contributed by atoms with Gasteiger partial charge in [0.05, 0.1) is 11.6 Å². The molecule has 4 rings (SSSR count). The first-order valence-corrected chi connectivity index (χ1v) is 9.87. The molecule has 3 aromatic rings. The molecule has 0 spiro atoms. The maximum Gasteiger partial charge on any atom is 0.300 e. The third-order valence-corrected chi connectivity index (χ3v) is 5.16. The minimum Gasteiger partial charge on any atom is -0.507 e. The predicted molar refractivity (Wildman–Crippen MR) is 118 cm³/mol. The summed E-state index contributed by atoms with van der Waals surface area (Å²) in [6.45, 7) is 1.37. The van der Waals surface area contributed by atoms with Gasteiger partial charge in [0.2, 0.25) is 5.91 Å². The number of rotatable bonds is 4. The van der Waals surface area contributed by atoms with E-state index in [-0.39, 0.29) is 22.8 Å². The second-order valence-corrected chi connectivity index (χ2v) is 7.28. The molecule has 160 valence electrons. The highest BCUT2D eigenvalue weighted by molar-refractivity contribution is 6.51. The summed E-state index contributed by atoms with van der Waals surface area (Å²) in [5.74, 6) is -3.05. The van der Waals surface area contributed by atoms with Gasteiger partial charge in [-0.15, -0.1) is 0 Å². The molecule has 0 radical (unpaired) electrons. The van der Waals surface area contributed by atoms with E-state index in [4.69, 9.17) is 0 Å². The number of hydrogen-bond donors (Lipinski definition) is 2. The second-order valence-electron chi connectivity index (χ2n) is 7.28. The number of aliphatic hydroxyl groups excluding tert-OH is 1. The number of Topliss-reactive ketones (excluding diaryl/α,β-unsaturated/α-hetero) is 1. The normalized spacial score (nSPS) is 17.4. The molecule has 32 heavy (non-hydrogen) atoms. The van der Waals surface area contributed by atoms with Crippen molar-refractivity contribution in [3.05, 3.63) is 101 Å². The van der Waals surface area contributed by atoms with Crippen LogP contribution in [0.5, 0.6) is 0 Å². The number of anilines is 2. The minimum atomic E-state index is -1.16. The number of amides is 2. The van der Waals surface area contributed by atoms with Crippen LogP contribution in [0.15, 0.2) is 84.4 Å². The highest BCUT2D eigenvalue weighted by atomic mass is 19.1. The van der Waals surface area contributed by atoms with Crippen LogP contribution >= 0.6 is 0 Å². The Morgan fingerprint density at radius 3 is 2.19 bits per heavy atom. The van der Waals surface area contributed by atoms with Gasteiger partial charge in [0.15, 0.2) is 0 Å². The highest BCUT2D eigenvalue weighted by Gasteiger charge is 2.47. The quantitative estimate of drug-likeness (QED) is 0.365. The molecule has 6 nitrogen and oxygen atoms in total. The van der Waals surface area contributed by atoms with E-state index in [2.05, 4.69) is 5.32 Å². The molecule has 1 saturated heterocycles. The zero-order valence-corrected chi connectivity index (χ0v) is 17.1. The van der Waals surface area contributed by atoms with Gasteiger partial charge in [0.1, 0.15) is 11.6 Å². The average molecular weight is 430 g/mol. The molecule has 0 aliphatic carbocycles. The third kappa shape index (κ3) is 3.76. The van der Waals surface area contributed by atoms with E-state index >= 15 is 0 Å². The van der Waals surface area contributed by atoms with E-state index in [0.717, 1.165) is 4.90 Å². The summed E-state index contributed by atoms with van der Waals surface area (Å²) in [6, 6.07) is 19.2. The van der Waals surface area contributed by atoms with Crippen molar-refractivity contribution in [2.45, 2.75) is 13.0 Å². The average Bonchev–Trinajstić information content (AvgIpc) is 3.05. The Kier molecular flexibility index (Phi) is 5.55. The Morgan fingerprint density at radius 1 is 0.938 bits per heavy atom. The SMILES string of the molecule is CC(=O)Nc1ccc(N2C(=O)C(=O)C(=C(O)c3ccccc3)[C@@H]2c2ccccc2F)cc1. The molecule has 0 bridgehead atoms. The zero-order valence-electron chi connectivity index (χ0n) is 17.1. The van der Waals surface area contributed by atoms with Gasteiger partial charge in [-0.05, 0) is 30.3 Å².